The lowest BCUT2D eigenvalue weighted by molar-refractivity contribution is -0.115. The fraction of sp³-hybridized carbons (Fsp3) is 0.312. The first-order valence-electron chi connectivity index (χ1n) is 7.28. The van der Waals surface area contributed by atoms with Crippen LogP contribution in [0.4, 0.5) is 14.9 Å². The first-order chi connectivity index (χ1) is 11.0. The molecule has 1 aliphatic heterocycles. The van der Waals surface area contributed by atoms with E-state index in [0.717, 1.165) is 37.7 Å². The van der Waals surface area contributed by atoms with E-state index in [1.54, 1.807) is 17.5 Å². The number of carbonyl (C=O) groups is 2. The molecule has 0 unspecified atom stereocenters. The van der Waals surface area contributed by atoms with E-state index in [2.05, 4.69) is 4.90 Å². The van der Waals surface area contributed by atoms with Gasteiger partial charge in [0, 0.05) is 24.3 Å². The largest absolute Gasteiger partial charge is 0.371 e. The number of nitriles is 1. The minimum atomic E-state index is -1.07. The van der Waals surface area contributed by atoms with Gasteiger partial charge in [-0.2, -0.15) is 5.26 Å². The van der Waals surface area contributed by atoms with Gasteiger partial charge in [0.15, 0.2) is 0 Å². The molecule has 0 radical (unpaired) electrons. The van der Waals surface area contributed by atoms with Crippen LogP contribution >= 0.6 is 0 Å². The zero-order valence-electron chi connectivity index (χ0n) is 12.5. The number of carbonyl (C=O) groups excluding carboxylic acids is 2. The number of imide groups is 1. The Kier molecular flexibility index (Phi) is 5.31. The number of halogens is 1. The summed E-state index contributed by atoms with van der Waals surface area (Å²) in [5, 5.41) is 10.7. The van der Waals surface area contributed by atoms with Gasteiger partial charge in [0.25, 0.3) is 5.91 Å². The van der Waals surface area contributed by atoms with Crippen molar-refractivity contribution < 1.29 is 14.0 Å². The molecule has 1 aromatic carbocycles. The van der Waals surface area contributed by atoms with Crippen molar-refractivity contribution in [3.63, 3.8) is 0 Å². The Morgan fingerprint density at radius 2 is 2.00 bits per heavy atom. The Labute approximate surface area is 133 Å². The summed E-state index contributed by atoms with van der Waals surface area (Å²) in [7, 11) is 0. The lowest BCUT2D eigenvalue weighted by Crippen LogP contribution is -2.35. The average Bonchev–Trinajstić information content (AvgIpc) is 2.53. The van der Waals surface area contributed by atoms with Crippen molar-refractivity contribution >= 4 is 23.7 Å². The Hall–Kier alpha value is -2.88. The molecule has 6 nitrogen and oxygen atoms in total. The molecule has 23 heavy (non-hydrogen) atoms. The van der Waals surface area contributed by atoms with Gasteiger partial charge < -0.3 is 10.6 Å². The van der Waals surface area contributed by atoms with Crippen molar-refractivity contribution in [2.45, 2.75) is 19.3 Å². The number of piperidine rings is 1. The van der Waals surface area contributed by atoms with E-state index in [1.807, 2.05) is 0 Å². The van der Waals surface area contributed by atoms with Gasteiger partial charge in [-0.1, -0.05) is 0 Å². The third-order valence-corrected chi connectivity index (χ3v) is 3.61. The maximum atomic E-state index is 14.2. The Bertz CT molecular complexity index is 688. The summed E-state index contributed by atoms with van der Waals surface area (Å²) < 4.78 is 14.2. The van der Waals surface area contributed by atoms with Gasteiger partial charge in [0.1, 0.15) is 17.5 Å². The molecule has 3 N–H and O–H groups in total. The Morgan fingerprint density at radius 3 is 2.57 bits per heavy atom. The molecule has 3 amide bonds. The number of benzene rings is 1. The number of amides is 3. The molecule has 0 aromatic heterocycles. The summed E-state index contributed by atoms with van der Waals surface area (Å²) in [5.74, 6) is -1.49. The summed E-state index contributed by atoms with van der Waals surface area (Å²) in [4.78, 5) is 24.3. The number of rotatable bonds is 3. The van der Waals surface area contributed by atoms with Crippen LogP contribution in [-0.2, 0) is 4.79 Å². The molecule has 0 spiro atoms. The second kappa shape index (κ2) is 7.40. The van der Waals surface area contributed by atoms with E-state index in [0.29, 0.717) is 0 Å². The maximum absolute atomic E-state index is 14.2. The highest BCUT2D eigenvalue weighted by Crippen LogP contribution is 2.23. The summed E-state index contributed by atoms with van der Waals surface area (Å²) >= 11 is 0. The van der Waals surface area contributed by atoms with Gasteiger partial charge in [-0.15, -0.1) is 0 Å². The molecule has 120 valence electrons. The van der Waals surface area contributed by atoms with E-state index >= 15 is 0 Å². The standard InChI is InChI=1S/C16H17FN4O2/c17-14-9-13(21-6-2-1-3-7-21)5-4-11(14)8-12(10-18)15(22)20-16(19)23/h4-5,8-9H,1-3,6-7H2,(H3,19,20,22,23)/b12-8-. The Balaban J connectivity index is 2.22. The monoisotopic (exact) mass is 316 g/mol. The number of nitrogens with zero attached hydrogens (tertiary/aromatic N) is 2. The summed E-state index contributed by atoms with van der Waals surface area (Å²) in [6.45, 7) is 1.78. The number of urea groups is 1. The molecule has 1 aliphatic rings. The zero-order chi connectivity index (χ0) is 16.8. The molecule has 1 fully saturated rings. The second-order valence-corrected chi connectivity index (χ2v) is 5.24. The fourth-order valence-electron chi connectivity index (χ4n) is 2.47. The SMILES string of the molecule is N#C/C(=C/c1ccc(N2CCCCC2)cc1F)C(=O)NC(N)=O. The van der Waals surface area contributed by atoms with Gasteiger partial charge in [-0.25, -0.2) is 9.18 Å². The summed E-state index contributed by atoms with van der Waals surface area (Å²) in [6.07, 6.45) is 4.43. The van der Waals surface area contributed by atoms with Gasteiger partial charge in [0.2, 0.25) is 0 Å². The first kappa shape index (κ1) is 16.5. The second-order valence-electron chi connectivity index (χ2n) is 5.24. The van der Waals surface area contributed by atoms with Gasteiger partial charge in [0.05, 0.1) is 0 Å². The van der Waals surface area contributed by atoms with Crippen molar-refractivity contribution in [3.8, 4) is 6.07 Å². The molecule has 0 saturated carbocycles. The molecule has 0 aliphatic carbocycles. The highest BCUT2D eigenvalue weighted by molar-refractivity contribution is 6.08. The smallest absolute Gasteiger partial charge is 0.319 e. The molecular weight excluding hydrogens is 299 g/mol. The predicted molar refractivity (Wildman–Crippen MR) is 83.8 cm³/mol. The summed E-state index contributed by atoms with van der Waals surface area (Å²) in [6, 6.07) is 5.20. The number of hydrogen-bond donors (Lipinski definition) is 2. The minimum Gasteiger partial charge on any atom is -0.371 e. The third-order valence-electron chi connectivity index (χ3n) is 3.61. The Morgan fingerprint density at radius 1 is 1.30 bits per heavy atom. The lowest BCUT2D eigenvalue weighted by atomic mass is 10.1. The van der Waals surface area contributed by atoms with Crippen LogP contribution in [0.2, 0.25) is 0 Å². The van der Waals surface area contributed by atoms with Crippen LogP contribution in [0.5, 0.6) is 0 Å². The van der Waals surface area contributed by atoms with Crippen LogP contribution in [0, 0.1) is 17.1 Å². The van der Waals surface area contributed by atoms with Gasteiger partial charge in [-0.3, -0.25) is 10.1 Å². The first-order valence-corrected chi connectivity index (χ1v) is 7.28. The maximum Gasteiger partial charge on any atom is 0.319 e. The minimum absolute atomic E-state index is 0.0990. The number of nitrogens with two attached hydrogens (primary N) is 1. The van der Waals surface area contributed by atoms with E-state index < -0.39 is 23.3 Å². The van der Waals surface area contributed by atoms with Gasteiger partial charge >= 0.3 is 6.03 Å². The third kappa shape index (κ3) is 4.30. The number of hydrogen-bond acceptors (Lipinski definition) is 4. The molecule has 1 aromatic rings. The normalized spacial score (nSPS) is 15.0. The molecular formula is C16H17FN4O2. The van der Waals surface area contributed by atoms with Crippen molar-refractivity contribution in [2.24, 2.45) is 5.73 Å². The molecule has 2 rings (SSSR count). The van der Waals surface area contributed by atoms with Crippen LogP contribution < -0.4 is 16.0 Å². The molecule has 7 heteroatoms. The summed E-state index contributed by atoms with van der Waals surface area (Å²) in [5.41, 5.74) is 5.31. The van der Waals surface area contributed by atoms with Crippen LogP contribution in [0.25, 0.3) is 6.08 Å². The van der Waals surface area contributed by atoms with E-state index in [-0.39, 0.29) is 5.56 Å². The molecule has 1 heterocycles. The number of nitrogens with one attached hydrogen (secondary N) is 1. The topological polar surface area (TPSA) is 99.2 Å². The van der Waals surface area contributed by atoms with E-state index in [4.69, 9.17) is 11.0 Å². The highest BCUT2D eigenvalue weighted by Gasteiger charge is 2.15. The molecule has 0 atom stereocenters. The van der Waals surface area contributed by atoms with Crippen LogP contribution in [0.1, 0.15) is 24.8 Å². The quantitative estimate of drug-likeness (QED) is 0.657. The molecule has 0 bridgehead atoms. The van der Waals surface area contributed by atoms with Crippen LogP contribution in [-0.4, -0.2) is 25.0 Å². The number of anilines is 1. The van der Waals surface area contributed by atoms with Crippen molar-refractivity contribution in [2.75, 3.05) is 18.0 Å². The van der Waals surface area contributed by atoms with Crippen LogP contribution in [0.15, 0.2) is 23.8 Å². The number of primary amides is 1. The molecule has 1 saturated heterocycles. The highest BCUT2D eigenvalue weighted by atomic mass is 19.1. The average molecular weight is 316 g/mol. The fourth-order valence-corrected chi connectivity index (χ4v) is 2.47. The predicted octanol–water partition coefficient (Wildman–Crippen LogP) is 1.92. The lowest BCUT2D eigenvalue weighted by Gasteiger charge is -2.28. The zero-order valence-corrected chi connectivity index (χ0v) is 12.5. The van der Waals surface area contributed by atoms with Crippen LogP contribution in [0.3, 0.4) is 0 Å². The van der Waals surface area contributed by atoms with E-state index in [1.165, 1.54) is 18.6 Å². The van der Waals surface area contributed by atoms with E-state index in [9.17, 15) is 14.0 Å². The van der Waals surface area contributed by atoms with Gasteiger partial charge in [-0.05, 0) is 43.5 Å². The van der Waals surface area contributed by atoms with Crippen molar-refractivity contribution in [3.05, 3.63) is 35.2 Å². The van der Waals surface area contributed by atoms with Crippen molar-refractivity contribution in [1.82, 2.24) is 5.32 Å². The van der Waals surface area contributed by atoms with Crippen molar-refractivity contribution in [1.29, 1.82) is 5.26 Å².